The van der Waals surface area contributed by atoms with Gasteiger partial charge in [0, 0.05) is 28.9 Å². The number of benzene rings is 2. The zero-order chi connectivity index (χ0) is 22.9. The molecule has 0 saturated heterocycles. The highest BCUT2D eigenvalue weighted by Gasteiger charge is 2.33. The molecule has 4 nitrogen and oxygen atoms in total. The van der Waals surface area contributed by atoms with Crippen LogP contribution in [0.25, 0.3) is 22.3 Å². The van der Waals surface area contributed by atoms with Gasteiger partial charge in [0.25, 0.3) is 0 Å². The molecule has 0 bridgehead atoms. The molecule has 2 N–H and O–H groups in total. The van der Waals surface area contributed by atoms with Crippen LogP contribution in [0.2, 0.25) is 0 Å². The lowest BCUT2D eigenvalue weighted by Crippen LogP contribution is -2.28. The number of hydrogen-bond acceptors (Lipinski definition) is 3. The first-order valence-electron chi connectivity index (χ1n) is 10.1. The van der Waals surface area contributed by atoms with Gasteiger partial charge in [-0.05, 0) is 59.9 Å². The van der Waals surface area contributed by atoms with Gasteiger partial charge < -0.3 is 10.4 Å². The van der Waals surface area contributed by atoms with Crippen LogP contribution in [0.15, 0.2) is 54.7 Å². The number of anilines is 1. The van der Waals surface area contributed by atoms with Gasteiger partial charge in [-0.25, -0.2) is 4.39 Å². The number of pyridine rings is 1. The largest absolute Gasteiger partial charge is 0.433 e. The lowest BCUT2D eigenvalue weighted by atomic mass is 9.84. The zero-order valence-corrected chi connectivity index (χ0v) is 16.9. The summed E-state index contributed by atoms with van der Waals surface area (Å²) in [5.74, 6) is -0.560. The summed E-state index contributed by atoms with van der Waals surface area (Å²) in [5.41, 5.74) is 1.55. The van der Waals surface area contributed by atoms with E-state index < -0.39 is 24.3 Å². The number of carbonyl (C=O) groups is 1. The van der Waals surface area contributed by atoms with Gasteiger partial charge in [0.1, 0.15) is 11.5 Å². The molecule has 1 saturated carbocycles. The molecule has 0 unspecified atom stereocenters. The van der Waals surface area contributed by atoms with Crippen molar-refractivity contribution < 1.29 is 27.5 Å². The SMILES string of the molecule is O=C(Nc1ccc(-c2cnc(C(F)(F)F)cc2CO)cc1-c1ccc(F)cc1)C1CCC1. The monoisotopic (exact) mass is 444 g/mol. The van der Waals surface area contributed by atoms with Crippen molar-refractivity contribution >= 4 is 11.6 Å². The van der Waals surface area contributed by atoms with Gasteiger partial charge in [-0.2, -0.15) is 13.2 Å². The molecule has 1 aliphatic carbocycles. The minimum absolute atomic E-state index is 0.0455. The van der Waals surface area contributed by atoms with E-state index in [2.05, 4.69) is 10.3 Å². The van der Waals surface area contributed by atoms with E-state index in [0.29, 0.717) is 27.9 Å². The summed E-state index contributed by atoms with van der Waals surface area (Å²) in [6.07, 6.45) is -0.894. The summed E-state index contributed by atoms with van der Waals surface area (Å²) in [5, 5.41) is 12.6. The van der Waals surface area contributed by atoms with Gasteiger partial charge >= 0.3 is 6.18 Å². The van der Waals surface area contributed by atoms with E-state index in [1.54, 1.807) is 30.3 Å². The highest BCUT2D eigenvalue weighted by atomic mass is 19.4. The molecule has 0 radical (unpaired) electrons. The Balaban J connectivity index is 1.78. The first kappa shape index (κ1) is 22.0. The van der Waals surface area contributed by atoms with E-state index in [1.807, 2.05) is 0 Å². The van der Waals surface area contributed by atoms with E-state index in [1.165, 1.54) is 12.1 Å². The number of alkyl halides is 3. The van der Waals surface area contributed by atoms with E-state index >= 15 is 0 Å². The van der Waals surface area contributed by atoms with Crippen LogP contribution in [0.1, 0.15) is 30.5 Å². The van der Waals surface area contributed by atoms with Crippen LogP contribution >= 0.6 is 0 Å². The van der Waals surface area contributed by atoms with Crippen LogP contribution in [0.4, 0.5) is 23.2 Å². The maximum atomic E-state index is 13.5. The fraction of sp³-hybridized carbons (Fsp3) is 0.250. The normalized spacial score (nSPS) is 14.2. The van der Waals surface area contributed by atoms with Crippen LogP contribution in [0.3, 0.4) is 0 Å². The number of aromatic nitrogens is 1. The Kier molecular flexibility index (Phi) is 5.97. The predicted molar refractivity (Wildman–Crippen MR) is 112 cm³/mol. The predicted octanol–water partition coefficient (Wildman–Crippen LogP) is 5.80. The van der Waals surface area contributed by atoms with E-state index in [0.717, 1.165) is 31.5 Å². The first-order chi connectivity index (χ1) is 15.3. The molecule has 4 rings (SSSR count). The third kappa shape index (κ3) is 4.50. The Morgan fingerprint density at radius 3 is 2.31 bits per heavy atom. The lowest BCUT2D eigenvalue weighted by Gasteiger charge is -2.25. The van der Waals surface area contributed by atoms with Gasteiger partial charge in [0.15, 0.2) is 0 Å². The highest BCUT2D eigenvalue weighted by molar-refractivity contribution is 5.98. The number of carbonyl (C=O) groups excluding carboxylic acids is 1. The Labute approximate surface area is 181 Å². The molecule has 1 aromatic heterocycles. The summed E-state index contributed by atoms with van der Waals surface area (Å²) in [6.45, 7) is -0.604. The van der Waals surface area contributed by atoms with Crippen LogP contribution in [0, 0.1) is 11.7 Å². The van der Waals surface area contributed by atoms with Gasteiger partial charge in [0.05, 0.1) is 6.61 Å². The van der Waals surface area contributed by atoms with Gasteiger partial charge in [-0.3, -0.25) is 9.78 Å². The molecule has 1 fully saturated rings. The standard InChI is InChI=1S/C24H20F4N2O2/c25-18-7-4-14(5-8-18)19-10-16(6-9-21(19)30-23(32)15-2-1-3-15)20-12-29-22(24(26,27)28)11-17(20)13-31/h4-12,15,31H,1-3,13H2,(H,30,32). The molecule has 8 heteroatoms. The topological polar surface area (TPSA) is 62.2 Å². The average molecular weight is 444 g/mol. The van der Waals surface area contributed by atoms with Crippen LogP contribution in [-0.2, 0) is 17.6 Å². The summed E-state index contributed by atoms with van der Waals surface area (Å²) in [7, 11) is 0. The van der Waals surface area contributed by atoms with Crippen molar-refractivity contribution in [2.45, 2.75) is 32.0 Å². The third-order valence-electron chi connectivity index (χ3n) is 5.67. The van der Waals surface area contributed by atoms with Crippen molar-refractivity contribution in [3.05, 3.63) is 71.8 Å². The van der Waals surface area contributed by atoms with Crippen molar-refractivity contribution in [3.63, 3.8) is 0 Å². The molecule has 0 spiro atoms. The number of rotatable bonds is 5. The van der Waals surface area contributed by atoms with Gasteiger partial charge in [0.2, 0.25) is 5.91 Å². The molecule has 166 valence electrons. The maximum absolute atomic E-state index is 13.5. The average Bonchev–Trinajstić information content (AvgIpc) is 2.72. The second-order valence-corrected chi connectivity index (χ2v) is 7.77. The summed E-state index contributed by atoms with van der Waals surface area (Å²) in [6, 6.07) is 11.5. The van der Waals surface area contributed by atoms with Crippen LogP contribution in [-0.4, -0.2) is 16.0 Å². The molecule has 1 heterocycles. The van der Waals surface area contributed by atoms with Crippen molar-refractivity contribution in [2.75, 3.05) is 5.32 Å². The van der Waals surface area contributed by atoms with Crippen LogP contribution in [0.5, 0.6) is 0 Å². The minimum Gasteiger partial charge on any atom is -0.392 e. The minimum atomic E-state index is -4.63. The van der Waals surface area contributed by atoms with Crippen molar-refractivity contribution in [2.24, 2.45) is 5.92 Å². The quantitative estimate of drug-likeness (QED) is 0.489. The van der Waals surface area contributed by atoms with Crippen molar-refractivity contribution in [1.82, 2.24) is 4.98 Å². The van der Waals surface area contributed by atoms with E-state index in [-0.39, 0.29) is 17.4 Å². The smallest absolute Gasteiger partial charge is 0.392 e. The Morgan fingerprint density at radius 2 is 1.72 bits per heavy atom. The molecule has 3 aromatic rings. The first-order valence-corrected chi connectivity index (χ1v) is 10.1. The molecule has 2 aromatic carbocycles. The number of amides is 1. The number of nitrogens with one attached hydrogen (secondary N) is 1. The van der Waals surface area contributed by atoms with Crippen molar-refractivity contribution in [3.8, 4) is 22.3 Å². The fourth-order valence-corrected chi connectivity index (χ4v) is 3.64. The van der Waals surface area contributed by atoms with Crippen LogP contribution < -0.4 is 5.32 Å². The maximum Gasteiger partial charge on any atom is 0.433 e. The molecule has 1 amide bonds. The second-order valence-electron chi connectivity index (χ2n) is 7.77. The van der Waals surface area contributed by atoms with Gasteiger partial charge in [-0.1, -0.05) is 24.6 Å². The Bertz CT molecular complexity index is 1140. The number of nitrogens with zero attached hydrogens (tertiary/aromatic N) is 1. The van der Waals surface area contributed by atoms with E-state index in [4.69, 9.17) is 0 Å². The van der Waals surface area contributed by atoms with Crippen molar-refractivity contribution in [1.29, 1.82) is 0 Å². The summed E-state index contributed by atoms with van der Waals surface area (Å²) in [4.78, 5) is 16.0. The molecule has 0 aliphatic heterocycles. The number of hydrogen-bond donors (Lipinski definition) is 2. The van der Waals surface area contributed by atoms with Gasteiger partial charge in [-0.15, -0.1) is 0 Å². The summed E-state index contributed by atoms with van der Waals surface area (Å²) >= 11 is 0. The zero-order valence-electron chi connectivity index (χ0n) is 16.9. The Morgan fingerprint density at radius 1 is 1.03 bits per heavy atom. The summed E-state index contributed by atoms with van der Waals surface area (Å²) < 4.78 is 52.5. The second kappa shape index (κ2) is 8.70. The fourth-order valence-electron chi connectivity index (χ4n) is 3.64. The third-order valence-corrected chi connectivity index (χ3v) is 5.67. The molecular formula is C24H20F4N2O2. The lowest BCUT2D eigenvalue weighted by molar-refractivity contribution is -0.141. The highest BCUT2D eigenvalue weighted by Crippen LogP contribution is 2.37. The molecule has 0 atom stereocenters. The number of aliphatic hydroxyl groups is 1. The number of halogens is 4. The Hall–Kier alpha value is -3.26. The number of aliphatic hydroxyl groups excluding tert-OH is 1. The molecular weight excluding hydrogens is 424 g/mol. The molecule has 1 aliphatic rings. The molecule has 32 heavy (non-hydrogen) atoms. The van der Waals surface area contributed by atoms with E-state index in [9.17, 15) is 27.5 Å².